The smallest absolute Gasteiger partial charge is 0.342 e. The van der Waals surface area contributed by atoms with E-state index in [0.29, 0.717) is 11.5 Å². The molecule has 0 saturated heterocycles. The molecule has 23 heavy (non-hydrogen) atoms. The molecule has 2 aromatic rings. The lowest BCUT2D eigenvalue weighted by atomic mass is 10.2. The quantitative estimate of drug-likeness (QED) is 0.640. The molecule has 122 valence electrons. The summed E-state index contributed by atoms with van der Waals surface area (Å²) in [7, 11) is 1.47. The number of aryl methyl sites for hydroxylation is 1. The molecule has 0 bridgehead atoms. The molecule has 7 nitrogen and oxygen atoms in total. The van der Waals surface area contributed by atoms with Crippen molar-refractivity contribution in [1.82, 2.24) is 5.16 Å². The maximum absolute atomic E-state index is 12.1. The summed E-state index contributed by atoms with van der Waals surface area (Å²) < 4.78 is 15.0. The largest absolute Gasteiger partial charge is 0.496 e. The summed E-state index contributed by atoms with van der Waals surface area (Å²) >= 11 is 1.53. The van der Waals surface area contributed by atoms with Gasteiger partial charge in [0.2, 0.25) is 0 Å². The van der Waals surface area contributed by atoms with Crippen LogP contribution in [0.15, 0.2) is 33.7 Å². The van der Waals surface area contributed by atoms with Crippen LogP contribution < -0.4 is 10.1 Å². The number of carbonyl (C=O) groups is 2. The number of amides is 1. The Bertz CT molecular complexity index is 714. The Kier molecular flexibility index (Phi) is 5.64. The lowest BCUT2D eigenvalue weighted by molar-refractivity contribution is -0.119. The lowest BCUT2D eigenvalue weighted by Gasteiger charge is -2.09. The van der Waals surface area contributed by atoms with Crippen molar-refractivity contribution in [1.29, 1.82) is 0 Å². The number of aromatic nitrogens is 1. The van der Waals surface area contributed by atoms with Crippen molar-refractivity contribution >= 4 is 29.5 Å². The monoisotopic (exact) mass is 336 g/mol. The van der Waals surface area contributed by atoms with Gasteiger partial charge in [-0.25, -0.2) is 4.79 Å². The summed E-state index contributed by atoms with van der Waals surface area (Å²) in [6.45, 7) is 1.27. The molecular weight excluding hydrogens is 320 g/mol. The fraction of sp³-hybridized carbons (Fsp3) is 0.267. The van der Waals surface area contributed by atoms with E-state index >= 15 is 0 Å². The van der Waals surface area contributed by atoms with E-state index < -0.39 is 18.5 Å². The van der Waals surface area contributed by atoms with E-state index in [2.05, 4.69) is 10.5 Å². The molecule has 1 aromatic heterocycles. The number of ether oxygens (including phenoxy) is 2. The number of carbonyl (C=O) groups excluding carboxylic acids is 2. The highest BCUT2D eigenvalue weighted by Gasteiger charge is 2.16. The first-order valence-electron chi connectivity index (χ1n) is 6.66. The van der Waals surface area contributed by atoms with E-state index in [4.69, 9.17) is 14.0 Å². The van der Waals surface area contributed by atoms with E-state index in [-0.39, 0.29) is 11.4 Å². The summed E-state index contributed by atoms with van der Waals surface area (Å²) in [5, 5.41) is 6.08. The molecule has 1 N–H and O–H groups in total. The number of methoxy groups -OCH3 is 1. The van der Waals surface area contributed by atoms with Crippen molar-refractivity contribution in [2.75, 3.05) is 25.3 Å². The maximum Gasteiger partial charge on any atom is 0.342 e. The van der Waals surface area contributed by atoms with Gasteiger partial charge in [0.15, 0.2) is 12.4 Å². The van der Waals surface area contributed by atoms with E-state index in [9.17, 15) is 9.59 Å². The van der Waals surface area contributed by atoms with Gasteiger partial charge in [-0.3, -0.25) is 4.79 Å². The summed E-state index contributed by atoms with van der Waals surface area (Å²) in [4.78, 5) is 24.7. The molecule has 0 aliphatic heterocycles. The number of anilines is 1. The number of thioether (sulfide) groups is 1. The molecule has 0 atom stereocenters. The van der Waals surface area contributed by atoms with Crippen LogP contribution in [0.3, 0.4) is 0 Å². The predicted octanol–water partition coefficient (Wildman–Crippen LogP) is 2.51. The summed E-state index contributed by atoms with van der Waals surface area (Å²) in [5.74, 6) is 0.0862. The van der Waals surface area contributed by atoms with Crippen LogP contribution in [0.2, 0.25) is 0 Å². The van der Waals surface area contributed by atoms with Crippen molar-refractivity contribution in [2.45, 2.75) is 11.8 Å². The number of nitrogens with one attached hydrogen (secondary N) is 1. The standard InChI is InChI=1S/C15H16N2O5S/c1-9-6-13(17-22-9)16-14(18)8-21-15(19)11-5-4-10(23-3)7-12(11)20-2/h4-7H,8H2,1-3H3,(H,16,17,18). The number of rotatable bonds is 6. The Hall–Kier alpha value is -2.48. The summed E-state index contributed by atoms with van der Waals surface area (Å²) in [6, 6.07) is 6.68. The summed E-state index contributed by atoms with van der Waals surface area (Å²) in [5.41, 5.74) is 0.260. The van der Waals surface area contributed by atoms with Gasteiger partial charge in [-0.05, 0) is 31.4 Å². The van der Waals surface area contributed by atoms with Gasteiger partial charge in [-0.1, -0.05) is 5.16 Å². The van der Waals surface area contributed by atoms with Crippen LogP contribution >= 0.6 is 11.8 Å². The second-order valence-corrected chi connectivity index (χ2v) is 5.39. The normalized spacial score (nSPS) is 10.2. The van der Waals surface area contributed by atoms with Crippen LogP contribution in [-0.4, -0.2) is 37.0 Å². The molecule has 1 amide bonds. The Morgan fingerprint density at radius 1 is 1.35 bits per heavy atom. The van der Waals surface area contributed by atoms with Gasteiger partial charge in [0.25, 0.3) is 5.91 Å². The molecule has 1 heterocycles. The Morgan fingerprint density at radius 3 is 2.74 bits per heavy atom. The molecule has 8 heteroatoms. The minimum Gasteiger partial charge on any atom is -0.496 e. The van der Waals surface area contributed by atoms with Gasteiger partial charge in [0, 0.05) is 11.0 Å². The third kappa shape index (κ3) is 4.49. The number of hydrogen-bond donors (Lipinski definition) is 1. The van der Waals surface area contributed by atoms with E-state index in [1.807, 2.05) is 6.26 Å². The molecule has 0 spiro atoms. The highest BCUT2D eigenvalue weighted by atomic mass is 32.2. The molecule has 0 saturated carbocycles. The second kappa shape index (κ2) is 7.68. The number of nitrogens with zero attached hydrogens (tertiary/aromatic N) is 1. The van der Waals surface area contributed by atoms with Crippen molar-refractivity contribution in [2.24, 2.45) is 0 Å². The summed E-state index contributed by atoms with van der Waals surface area (Å²) in [6.07, 6.45) is 1.92. The van der Waals surface area contributed by atoms with Crippen LogP contribution in [0, 0.1) is 6.92 Å². The van der Waals surface area contributed by atoms with Crippen molar-refractivity contribution < 1.29 is 23.6 Å². The fourth-order valence-electron chi connectivity index (χ4n) is 1.78. The van der Waals surface area contributed by atoms with Gasteiger partial charge < -0.3 is 19.3 Å². The molecule has 2 rings (SSSR count). The van der Waals surface area contributed by atoms with Gasteiger partial charge in [0.1, 0.15) is 17.1 Å². The Balaban J connectivity index is 1.95. The molecule has 0 fully saturated rings. The van der Waals surface area contributed by atoms with Gasteiger partial charge >= 0.3 is 5.97 Å². The van der Waals surface area contributed by atoms with Crippen LogP contribution in [0.1, 0.15) is 16.1 Å². The molecule has 0 aliphatic rings. The van der Waals surface area contributed by atoms with Gasteiger partial charge in [-0.2, -0.15) is 0 Å². The molecule has 0 unspecified atom stereocenters. The minimum atomic E-state index is -0.638. The minimum absolute atomic E-state index is 0.260. The van der Waals surface area contributed by atoms with E-state index in [1.54, 1.807) is 31.2 Å². The van der Waals surface area contributed by atoms with E-state index in [0.717, 1.165) is 4.90 Å². The first kappa shape index (κ1) is 16.9. The number of esters is 1. The van der Waals surface area contributed by atoms with Crippen LogP contribution in [0.5, 0.6) is 5.75 Å². The second-order valence-electron chi connectivity index (χ2n) is 4.51. The third-order valence-electron chi connectivity index (χ3n) is 2.86. The van der Waals surface area contributed by atoms with Crippen LogP contribution in [0.4, 0.5) is 5.82 Å². The predicted molar refractivity (Wildman–Crippen MR) is 84.9 cm³/mol. The topological polar surface area (TPSA) is 90.7 Å². The first-order chi connectivity index (χ1) is 11.0. The Labute approximate surface area is 137 Å². The lowest BCUT2D eigenvalue weighted by Crippen LogP contribution is -2.21. The van der Waals surface area contributed by atoms with E-state index in [1.165, 1.54) is 18.9 Å². The fourth-order valence-corrected chi connectivity index (χ4v) is 2.21. The van der Waals surface area contributed by atoms with Crippen molar-refractivity contribution in [3.63, 3.8) is 0 Å². The van der Waals surface area contributed by atoms with Crippen molar-refractivity contribution in [3.05, 3.63) is 35.6 Å². The average Bonchev–Trinajstić information content (AvgIpc) is 2.96. The van der Waals surface area contributed by atoms with Crippen LogP contribution in [-0.2, 0) is 9.53 Å². The Morgan fingerprint density at radius 2 is 2.13 bits per heavy atom. The van der Waals surface area contributed by atoms with Crippen molar-refractivity contribution in [3.8, 4) is 5.75 Å². The molecular formula is C15H16N2O5S. The zero-order chi connectivity index (χ0) is 16.8. The van der Waals surface area contributed by atoms with Crippen LogP contribution in [0.25, 0.3) is 0 Å². The molecule has 0 aliphatic carbocycles. The molecule has 1 aromatic carbocycles. The first-order valence-corrected chi connectivity index (χ1v) is 7.88. The van der Waals surface area contributed by atoms with Gasteiger partial charge in [0.05, 0.1) is 7.11 Å². The SMILES string of the molecule is COc1cc(SC)ccc1C(=O)OCC(=O)Nc1cc(C)on1. The highest BCUT2D eigenvalue weighted by molar-refractivity contribution is 7.98. The third-order valence-corrected chi connectivity index (χ3v) is 3.58. The van der Waals surface area contributed by atoms with Gasteiger partial charge in [-0.15, -0.1) is 11.8 Å². The maximum atomic E-state index is 12.1. The number of hydrogen-bond acceptors (Lipinski definition) is 7. The number of benzene rings is 1. The molecule has 0 radical (unpaired) electrons. The average molecular weight is 336 g/mol. The zero-order valence-corrected chi connectivity index (χ0v) is 13.7. The zero-order valence-electron chi connectivity index (χ0n) is 12.9. The highest BCUT2D eigenvalue weighted by Crippen LogP contribution is 2.25.